The Morgan fingerprint density at radius 3 is 2.46 bits per heavy atom. The van der Waals surface area contributed by atoms with E-state index < -0.39 is 10.2 Å². The lowest BCUT2D eigenvalue weighted by atomic mass is 10.2. The Bertz CT molecular complexity index is 972. The van der Waals surface area contributed by atoms with Gasteiger partial charge in [-0.15, -0.1) is 10.2 Å². The number of nitro groups is 1. The molecule has 0 fully saturated rings. The van der Waals surface area contributed by atoms with E-state index in [0.717, 1.165) is 23.1 Å². The molecule has 1 atom stereocenters. The zero-order valence-electron chi connectivity index (χ0n) is 15.0. The molecule has 0 unspecified atom stereocenters. The molecule has 0 aliphatic rings. The number of nitro benzene ring substituents is 1. The number of non-ortho nitro benzene ring substituents is 1. The highest BCUT2D eigenvalue weighted by Gasteiger charge is 2.19. The third kappa shape index (κ3) is 4.65. The van der Waals surface area contributed by atoms with Gasteiger partial charge in [0, 0.05) is 23.4 Å². The number of amides is 1. The molecule has 3 rings (SSSR count). The summed E-state index contributed by atoms with van der Waals surface area (Å²) in [5.41, 5.74) is 1.16. The van der Waals surface area contributed by atoms with E-state index >= 15 is 0 Å². The fraction of sp³-hybridized carbons (Fsp3) is 0.167. The van der Waals surface area contributed by atoms with Crippen LogP contribution in [0.4, 0.5) is 11.4 Å². The number of aromatic nitrogens is 2. The number of hydrogen-bond acceptors (Lipinski definition) is 8. The molecule has 0 bridgehead atoms. The van der Waals surface area contributed by atoms with Gasteiger partial charge in [-0.05, 0) is 43.3 Å². The second-order valence-electron chi connectivity index (χ2n) is 5.65. The molecule has 3 aromatic rings. The third-order valence-corrected chi connectivity index (χ3v) is 4.67. The van der Waals surface area contributed by atoms with E-state index in [4.69, 9.17) is 9.15 Å². The standard InChI is InChI=1S/C18H16N4O5S/c1-11(16(23)19-13-5-7-14(8-6-13)22(24)25)28-18-21-20-17(27-18)12-3-9-15(26-2)10-4-12/h3-11H,1-2H3,(H,19,23)/t11-/m1/s1. The molecule has 1 aromatic heterocycles. The van der Waals surface area contributed by atoms with Crippen molar-refractivity contribution in [1.29, 1.82) is 0 Å². The highest BCUT2D eigenvalue weighted by atomic mass is 32.2. The normalized spacial score (nSPS) is 11.6. The first-order chi connectivity index (χ1) is 13.5. The lowest BCUT2D eigenvalue weighted by Crippen LogP contribution is -2.22. The summed E-state index contributed by atoms with van der Waals surface area (Å²) in [6.45, 7) is 1.70. The van der Waals surface area contributed by atoms with E-state index in [9.17, 15) is 14.9 Å². The van der Waals surface area contributed by atoms with E-state index in [1.807, 2.05) is 0 Å². The summed E-state index contributed by atoms with van der Waals surface area (Å²) >= 11 is 1.12. The Labute approximate surface area is 164 Å². The summed E-state index contributed by atoms with van der Waals surface area (Å²) in [5, 5.41) is 21.1. The summed E-state index contributed by atoms with van der Waals surface area (Å²) in [6, 6.07) is 12.8. The summed E-state index contributed by atoms with van der Waals surface area (Å²) in [7, 11) is 1.58. The van der Waals surface area contributed by atoms with Crippen LogP contribution in [0.3, 0.4) is 0 Å². The molecule has 0 radical (unpaired) electrons. The maximum Gasteiger partial charge on any atom is 0.277 e. The van der Waals surface area contributed by atoms with Gasteiger partial charge in [0.2, 0.25) is 11.8 Å². The molecule has 28 heavy (non-hydrogen) atoms. The number of nitrogens with zero attached hydrogens (tertiary/aromatic N) is 3. The van der Waals surface area contributed by atoms with Crippen molar-refractivity contribution in [2.75, 3.05) is 12.4 Å². The van der Waals surface area contributed by atoms with Crippen LogP contribution < -0.4 is 10.1 Å². The van der Waals surface area contributed by atoms with Crippen LogP contribution in [0.2, 0.25) is 0 Å². The molecule has 1 heterocycles. The largest absolute Gasteiger partial charge is 0.497 e. The van der Waals surface area contributed by atoms with Crippen LogP contribution in [-0.4, -0.2) is 33.4 Å². The minimum atomic E-state index is -0.514. The summed E-state index contributed by atoms with van der Waals surface area (Å²) in [6.07, 6.45) is 0. The van der Waals surface area contributed by atoms with Gasteiger partial charge in [-0.25, -0.2) is 0 Å². The number of benzene rings is 2. The molecule has 1 N–H and O–H groups in total. The summed E-state index contributed by atoms with van der Waals surface area (Å²) in [4.78, 5) is 22.5. The second kappa shape index (κ2) is 8.53. The fourth-order valence-electron chi connectivity index (χ4n) is 2.22. The highest BCUT2D eigenvalue weighted by molar-refractivity contribution is 8.00. The van der Waals surface area contributed by atoms with Crippen LogP contribution in [0.15, 0.2) is 58.2 Å². The Morgan fingerprint density at radius 1 is 1.18 bits per heavy atom. The quantitative estimate of drug-likeness (QED) is 0.361. The molecule has 0 saturated carbocycles. The molecule has 1 amide bonds. The minimum absolute atomic E-state index is 0.0441. The lowest BCUT2D eigenvalue weighted by molar-refractivity contribution is -0.384. The molecule has 2 aromatic carbocycles. The van der Waals surface area contributed by atoms with Gasteiger partial charge in [0.05, 0.1) is 17.3 Å². The smallest absolute Gasteiger partial charge is 0.277 e. The van der Waals surface area contributed by atoms with Crippen LogP contribution in [-0.2, 0) is 4.79 Å². The van der Waals surface area contributed by atoms with E-state index in [1.54, 1.807) is 38.3 Å². The highest BCUT2D eigenvalue weighted by Crippen LogP contribution is 2.27. The van der Waals surface area contributed by atoms with Gasteiger partial charge in [-0.3, -0.25) is 14.9 Å². The van der Waals surface area contributed by atoms with Crippen LogP contribution in [0.25, 0.3) is 11.5 Å². The van der Waals surface area contributed by atoms with Crippen LogP contribution in [0, 0.1) is 10.1 Å². The Hall–Kier alpha value is -3.40. The lowest BCUT2D eigenvalue weighted by Gasteiger charge is -2.09. The van der Waals surface area contributed by atoms with Gasteiger partial charge < -0.3 is 14.5 Å². The van der Waals surface area contributed by atoms with Crippen LogP contribution >= 0.6 is 11.8 Å². The molecule has 0 saturated heterocycles. The summed E-state index contributed by atoms with van der Waals surface area (Å²) < 4.78 is 10.7. The zero-order chi connectivity index (χ0) is 20.1. The van der Waals surface area contributed by atoms with E-state index in [2.05, 4.69) is 15.5 Å². The molecule has 0 aliphatic carbocycles. The van der Waals surface area contributed by atoms with Gasteiger partial charge in [0.1, 0.15) is 5.75 Å². The van der Waals surface area contributed by atoms with Gasteiger partial charge in [0.25, 0.3) is 10.9 Å². The Kier molecular flexibility index (Phi) is 5.90. The third-order valence-electron chi connectivity index (χ3n) is 3.74. The first-order valence-electron chi connectivity index (χ1n) is 8.16. The average molecular weight is 400 g/mol. The number of ether oxygens (including phenoxy) is 1. The molecule has 10 heteroatoms. The Morgan fingerprint density at radius 2 is 1.86 bits per heavy atom. The van der Waals surface area contributed by atoms with Crippen molar-refractivity contribution in [2.24, 2.45) is 0 Å². The number of methoxy groups -OCH3 is 1. The van der Waals surface area contributed by atoms with Gasteiger partial charge >= 0.3 is 0 Å². The number of carbonyl (C=O) groups is 1. The van der Waals surface area contributed by atoms with Crippen molar-refractivity contribution in [3.8, 4) is 17.2 Å². The molecular formula is C18H16N4O5S. The first-order valence-corrected chi connectivity index (χ1v) is 9.04. The number of hydrogen-bond donors (Lipinski definition) is 1. The SMILES string of the molecule is COc1ccc(-c2nnc(S[C@H](C)C(=O)Nc3ccc([N+](=O)[O-])cc3)o2)cc1. The van der Waals surface area contributed by atoms with Crippen molar-refractivity contribution in [2.45, 2.75) is 17.4 Å². The van der Waals surface area contributed by atoms with Crippen molar-refractivity contribution < 1.29 is 18.9 Å². The van der Waals surface area contributed by atoms with Crippen molar-refractivity contribution >= 4 is 29.0 Å². The number of thioether (sulfide) groups is 1. The monoisotopic (exact) mass is 400 g/mol. The number of carbonyl (C=O) groups excluding carboxylic acids is 1. The van der Waals surface area contributed by atoms with Crippen molar-refractivity contribution in [1.82, 2.24) is 10.2 Å². The van der Waals surface area contributed by atoms with Crippen molar-refractivity contribution in [3.05, 3.63) is 58.6 Å². The molecular weight excluding hydrogens is 384 g/mol. The van der Waals surface area contributed by atoms with Gasteiger partial charge in [-0.2, -0.15) is 0 Å². The minimum Gasteiger partial charge on any atom is -0.497 e. The Balaban J connectivity index is 1.60. The number of anilines is 1. The van der Waals surface area contributed by atoms with E-state index in [-0.39, 0.29) is 16.8 Å². The maximum atomic E-state index is 12.3. The van der Waals surface area contributed by atoms with Gasteiger partial charge in [0.15, 0.2) is 0 Å². The molecule has 0 spiro atoms. The first kappa shape index (κ1) is 19.4. The van der Waals surface area contributed by atoms with Gasteiger partial charge in [-0.1, -0.05) is 11.8 Å². The topological polar surface area (TPSA) is 120 Å². The van der Waals surface area contributed by atoms with E-state index in [0.29, 0.717) is 11.6 Å². The van der Waals surface area contributed by atoms with Crippen LogP contribution in [0.5, 0.6) is 5.75 Å². The number of rotatable bonds is 7. The number of nitrogens with one attached hydrogen (secondary N) is 1. The predicted molar refractivity (Wildman–Crippen MR) is 103 cm³/mol. The van der Waals surface area contributed by atoms with E-state index in [1.165, 1.54) is 24.3 Å². The summed E-state index contributed by atoms with van der Waals surface area (Å²) in [5.74, 6) is 0.769. The molecule has 0 aliphatic heterocycles. The molecule has 9 nitrogen and oxygen atoms in total. The zero-order valence-corrected chi connectivity index (χ0v) is 15.8. The average Bonchev–Trinajstić information content (AvgIpc) is 3.17. The second-order valence-corrected chi connectivity index (χ2v) is 6.95. The fourth-order valence-corrected chi connectivity index (χ4v) is 2.91. The molecule has 144 valence electrons. The predicted octanol–water partition coefficient (Wildman–Crippen LogP) is 3.77. The van der Waals surface area contributed by atoms with Crippen molar-refractivity contribution in [3.63, 3.8) is 0 Å². The van der Waals surface area contributed by atoms with Crippen LogP contribution in [0.1, 0.15) is 6.92 Å². The maximum absolute atomic E-state index is 12.3.